The van der Waals surface area contributed by atoms with Gasteiger partial charge in [0.05, 0.1) is 67.7 Å². The van der Waals surface area contributed by atoms with Gasteiger partial charge in [0, 0.05) is 11.1 Å². The van der Waals surface area contributed by atoms with Crippen LogP contribution in [0.15, 0.2) is 36.4 Å². The predicted octanol–water partition coefficient (Wildman–Crippen LogP) is 24.6. The van der Waals surface area contributed by atoms with E-state index in [0.29, 0.717) is 0 Å². The highest BCUT2D eigenvalue weighted by atomic mass is 16.5. The molecule has 0 unspecified atom stereocenters. The van der Waals surface area contributed by atoms with Gasteiger partial charge in [-0.25, -0.2) is 0 Å². The minimum absolute atomic E-state index is 0.786. The summed E-state index contributed by atoms with van der Waals surface area (Å²) in [4.78, 5) is 0. The zero-order valence-corrected chi connectivity index (χ0v) is 58.0. The van der Waals surface area contributed by atoms with Crippen molar-refractivity contribution < 1.29 is 27.9 Å². The number of nitrogens with zero attached hydrogens (tertiary/aromatic N) is 2. The predicted molar refractivity (Wildman–Crippen MR) is 370 cm³/mol. The van der Waals surface area contributed by atoms with Crippen LogP contribution in [0, 0.1) is 0 Å². The van der Waals surface area contributed by atoms with E-state index in [9.17, 15) is 0 Å². The fourth-order valence-corrected chi connectivity index (χ4v) is 12.5. The Labute approximate surface area is 525 Å². The van der Waals surface area contributed by atoms with Crippen LogP contribution in [-0.2, 0) is 13.1 Å². The molecule has 490 valence electrons. The molecule has 6 nitrogen and oxygen atoms in total. The summed E-state index contributed by atoms with van der Waals surface area (Å²) in [5, 5.41) is 0. The number of benzene rings is 2. The van der Waals surface area contributed by atoms with E-state index in [-0.39, 0.29) is 0 Å². The molecule has 0 aliphatic rings. The fraction of sp³-hybridized carbons (Fsp3) is 0.846. The fourth-order valence-electron chi connectivity index (χ4n) is 12.5. The van der Waals surface area contributed by atoms with Gasteiger partial charge in [-0.15, -0.1) is 0 Å². The van der Waals surface area contributed by atoms with Crippen LogP contribution < -0.4 is 18.9 Å². The van der Waals surface area contributed by atoms with E-state index in [1.165, 1.54) is 320 Å². The monoisotopic (exact) mass is 1180 g/mol. The quantitative estimate of drug-likeness (QED) is 0.0489. The highest BCUT2D eigenvalue weighted by Gasteiger charge is 2.20. The molecule has 0 radical (unpaired) electrons. The number of hydrogen-bond acceptors (Lipinski definition) is 4. The summed E-state index contributed by atoms with van der Waals surface area (Å²) in [6, 6.07) is 13.7. The molecule has 0 atom stereocenters. The van der Waals surface area contributed by atoms with Gasteiger partial charge in [0.2, 0.25) is 0 Å². The minimum Gasteiger partial charge on any atom is -0.490 e. The second-order valence-corrected chi connectivity index (χ2v) is 27.9. The van der Waals surface area contributed by atoms with Crippen LogP contribution in [0.25, 0.3) is 0 Å². The first-order valence-electron chi connectivity index (χ1n) is 37.5. The van der Waals surface area contributed by atoms with E-state index in [1.54, 1.807) is 0 Å². The van der Waals surface area contributed by atoms with Crippen molar-refractivity contribution in [3.63, 3.8) is 0 Å². The molecule has 0 heterocycles. The van der Waals surface area contributed by atoms with Crippen molar-refractivity contribution in [1.82, 2.24) is 0 Å². The van der Waals surface area contributed by atoms with E-state index in [4.69, 9.17) is 18.9 Å². The maximum absolute atomic E-state index is 6.54. The Hall–Kier alpha value is -2.44. The number of rotatable bonds is 65. The molecule has 0 bridgehead atoms. The third-order valence-corrected chi connectivity index (χ3v) is 18.0. The lowest BCUT2D eigenvalue weighted by molar-refractivity contribution is -0.903. The molecular weight excluding hydrogens is 1030 g/mol. The van der Waals surface area contributed by atoms with Crippen LogP contribution >= 0.6 is 0 Å². The molecular formula is C78H146N2O4+2. The second-order valence-electron chi connectivity index (χ2n) is 27.9. The van der Waals surface area contributed by atoms with Gasteiger partial charge < -0.3 is 27.9 Å². The summed E-state index contributed by atoms with van der Waals surface area (Å²) in [5.74, 6) is 3.81. The molecule has 6 heteroatoms. The van der Waals surface area contributed by atoms with Gasteiger partial charge in [-0.2, -0.15) is 0 Å². The summed E-state index contributed by atoms with van der Waals surface area (Å²) in [7, 11) is 9.66. The third kappa shape index (κ3) is 46.7. The summed E-state index contributed by atoms with van der Waals surface area (Å²) in [6.07, 6.45) is 67.3. The Morgan fingerprint density at radius 2 is 0.417 bits per heavy atom. The molecule has 0 N–H and O–H groups in total. The normalized spacial score (nSPS) is 12.0. The first-order chi connectivity index (χ1) is 41.1. The van der Waals surface area contributed by atoms with Gasteiger partial charge in [-0.3, -0.25) is 0 Å². The zero-order chi connectivity index (χ0) is 60.5. The smallest absolute Gasteiger partial charge is 0.161 e. The first kappa shape index (κ1) is 77.7. The van der Waals surface area contributed by atoms with Crippen molar-refractivity contribution in [1.29, 1.82) is 0 Å². The average molecular weight is 1180 g/mol. The number of hydrogen-bond donors (Lipinski definition) is 0. The second kappa shape index (κ2) is 55.8. The van der Waals surface area contributed by atoms with E-state index in [0.717, 1.165) is 97.2 Å². The van der Waals surface area contributed by atoms with Crippen molar-refractivity contribution in [2.45, 2.75) is 362 Å². The summed E-state index contributed by atoms with van der Waals surface area (Å²) in [5.41, 5.74) is 2.73. The van der Waals surface area contributed by atoms with Crippen molar-refractivity contribution in [2.75, 3.05) is 67.7 Å². The van der Waals surface area contributed by atoms with Crippen molar-refractivity contribution in [2.24, 2.45) is 0 Å². The molecule has 84 heavy (non-hydrogen) atoms. The lowest BCUT2D eigenvalue weighted by atomic mass is 10.1. The number of unbranched alkanes of at least 4 members (excludes halogenated alkanes) is 45. The Morgan fingerprint density at radius 3 is 0.643 bits per heavy atom. The van der Waals surface area contributed by atoms with Gasteiger partial charge in [0.15, 0.2) is 23.0 Å². The highest BCUT2D eigenvalue weighted by molar-refractivity contribution is 5.43. The molecule has 2 aromatic rings. The van der Waals surface area contributed by atoms with Crippen LogP contribution in [0.1, 0.15) is 360 Å². The Bertz CT molecular complexity index is 1590. The van der Waals surface area contributed by atoms with Gasteiger partial charge >= 0.3 is 0 Å². The summed E-state index contributed by atoms with van der Waals surface area (Å²) < 4.78 is 28.0. The van der Waals surface area contributed by atoms with Gasteiger partial charge in [0.1, 0.15) is 13.1 Å². The van der Waals surface area contributed by atoms with E-state index in [2.05, 4.69) is 92.3 Å². The molecule has 0 fully saturated rings. The van der Waals surface area contributed by atoms with Crippen molar-refractivity contribution >= 4 is 0 Å². The van der Waals surface area contributed by atoms with Crippen LogP contribution in [0.2, 0.25) is 0 Å². The molecule has 0 saturated carbocycles. The number of quaternary nitrogens is 2. The first-order valence-corrected chi connectivity index (χ1v) is 37.5. The van der Waals surface area contributed by atoms with Crippen LogP contribution in [0.3, 0.4) is 0 Å². The maximum atomic E-state index is 6.54. The standard InChI is InChI=1S/C78H146N2O4/c1-9-13-17-21-25-29-37-43-49-55-65-81-75-61-59-73(69-77(75)83-67-57-51-45-39-31-27-23-19-15-11-3)71-79(5,6)63-53-47-41-35-33-34-36-42-48-54-64-80(7,8)72-74-60-62-76(82-66-56-50-44-38-30-26-22-18-14-10-2)78(70-74)84-68-58-52-46-40-32-28-24-20-16-12-4/h59-62,69-70H,9-58,63-68,71-72H2,1-8H3/q+2. The van der Waals surface area contributed by atoms with Crippen molar-refractivity contribution in [3.8, 4) is 23.0 Å². The molecule has 2 rings (SSSR count). The van der Waals surface area contributed by atoms with Gasteiger partial charge in [0.25, 0.3) is 0 Å². The van der Waals surface area contributed by atoms with Crippen LogP contribution in [0.4, 0.5) is 0 Å². The largest absolute Gasteiger partial charge is 0.490 e. The molecule has 2 aromatic carbocycles. The molecule has 0 aromatic heterocycles. The van der Waals surface area contributed by atoms with Crippen molar-refractivity contribution in [3.05, 3.63) is 47.5 Å². The lowest BCUT2D eigenvalue weighted by Crippen LogP contribution is -2.39. The molecule has 0 spiro atoms. The minimum atomic E-state index is 0.786. The average Bonchev–Trinajstić information content (AvgIpc) is 3.51. The Morgan fingerprint density at radius 1 is 0.226 bits per heavy atom. The summed E-state index contributed by atoms with van der Waals surface area (Å²) in [6.45, 7) is 16.8. The van der Waals surface area contributed by atoms with Crippen LogP contribution in [0.5, 0.6) is 23.0 Å². The SMILES string of the molecule is CCCCCCCCCCCCOc1ccc(C[N+](C)(C)CCCCCCCCCCCC[N+](C)(C)Cc2ccc(OCCCCCCCCCCCC)c(OCCCCCCCCCCCC)c2)cc1OCCCCCCCCCCCC. The van der Waals surface area contributed by atoms with E-state index in [1.807, 2.05) is 0 Å². The Balaban J connectivity index is 1.71. The van der Waals surface area contributed by atoms with E-state index >= 15 is 0 Å². The van der Waals surface area contributed by atoms with Gasteiger partial charge in [-0.1, -0.05) is 297 Å². The number of ether oxygens (including phenoxy) is 4. The molecule has 0 amide bonds. The Kier molecular flexibility index (Phi) is 51.6. The zero-order valence-electron chi connectivity index (χ0n) is 58.0. The van der Waals surface area contributed by atoms with E-state index < -0.39 is 0 Å². The molecule has 0 aliphatic heterocycles. The van der Waals surface area contributed by atoms with Gasteiger partial charge in [-0.05, 0) is 87.8 Å². The highest BCUT2D eigenvalue weighted by Crippen LogP contribution is 2.32. The summed E-state index contributed by atoms with van der Waals surface area (Å²) >= 11 is 0. The van der Waals surface area contributed by atoms with Crippen LogP contribution in [-0.4, -0.2) is 76.7 Å². The molecule has 0 saturated heterocycles. The molecule has 0 aliphatic carbocycles. The third-order valence-electron chi connectivity index (χ3n) is 18.0. The maximum Gasteiger partial charge on any atom is 0.161 e. The topological polar surface area (TPSA) is 36.9 Å². The lowest BCUT2D eigenvalue weighted by Gasteiger charge is -2.30.